The second kappa shape index (κ2) is 5.41. The van der Waals surface area contributed by atoms with Crippen molar-refractivity contribution in [3.05, 3.63) is 23.1 Å². The third-order valence-corrected chi connectivity index (χ3v) is 3.82. The van der Waals surface area contributed by atoms with Gasteiger partial charge in [-0.05, 0) is 30.9 Å². The molecule has 1 aromatic rings. The number of piperidine rings is 1. The molecule has 1 aliphatic rings. The van der Waals surface area contributed by atoms with Gasteiger partial charge in [0.15, 0.2) is 11.6 Å². The Morgan fingerprint density at radius 2 is 2.39 bits per heavy atom. The van der Waals surface area contributed by atoms with Crippen LogP contribution in [0.1, 0.15) is 26.7 Å². The van der Waals surface area contributed by atoms with E-state index in [1.54, 1.807) is 0 Å². The third-order valence-electron chi connectivity index (χ3n) is 3.61. The quantitative estimate of drug-likeness (QED) is 0.887. The van der Waals surface area contributed by atoms with Gasteiger partial charge in [0.05, 0.1) is 5.02 Å². The summed E-state index contributed by atoms with van der Waals surface area (Å²) in [7, 11) is 0. The molecule has 2 heterocycles. The molecule has 3 nitrogen and oxygen atoms in total. The molecule has 1 atom stereocenters. The zero-order valence-corrected chi connectivity index (χ0v) is 11.5. The van der Waals surface area contributed by atoms with Crippen LogP contribution < -0.4 is 10.6 Å². The first-order chi connectivity index (χ1) is 8.49. The average Bonchev–Trinajstić information content (AvgIpc) is 2.29. The highest BCUT2D eigenvalue weighted by Gasteiger charge is 2.31. The number of halogens is 2. The standard InChI is InChI=1S/C13H19ClFN3/c1-13(2)4-3-5-16-11(13)8-18-12-10(15)6-9(14)7-17-12/h6-7,11,16H,3-5,8H2,1-2H3,(H,17,18). The highest BCUT2D eigenvalue weighted by atomic mass is 35.5. The fraction of sp³-hybridized carbons (Fsp3) is 0.615. The fourth-order valence-electron chi connectivity index (χ4n) is 2.36. The van der Waals surface area contributed by atoms with Gasteiger partial charge >= 0.3 is 0 Å². The second-order valence-corrected chi connectivity index (χ2v) is 5.90. The van der Waals surface area contributed by atoms with Gasteiger partial charge in [-0.1, -0.05) is 25.4 Å². The van der Waals surface area contributed by atoms with Gasteiger partial charge < -0.3 is 10.6 Å². The smallest absolute Gasteiger partial charge is 0.166 e. The maximum absolute atomic E-state index is 13.6. The first kappa shape index (κ1) is 13.6. The Bertz CT molecular complexity index is 423. The predicted octanol–water partition coefficient (Wildman–Crippen LogP) is 3.06. The number of pyridine rings is 1. The lowest BCUT2D eigenvalue weighted by molar-refractivity contribution is 0.188. The fourth-order valence-corrected chi connectivity index (χ4v) is 2.51. The van der Waals surface area contributed by atoms with Gasteiger partial charge in [-0.3, -0.25) is 0 Å². The molecule has 1 aromatic heterocycles. The number of anilines is 1. The van der Waals surface area contributed by atoms with E-state index in [4.69, 9.17) is 11.6 Å². The molecule has 0 amide bonds. The van der Waals surface area contributed by atoms with Crippen LogP contribution in [0.3, 0.4) is 0 Å². The van der Waals surface area contributed by atoms with Crippen LogP contribution in [0.5, 0.6) is 0 Å². The van der Waals surface area contributed by atoms with Crippen LogP contribution >= 0.6 is 11.6 Å². The number of rotatable bonds is 3. The van der Waals surface area contributed by atoms with Gasteiger partial charge in [0, 0.05) is 18.8 Å². The van der Waals surface area contributed by atoms with Crippen LogP contribution in [0.2, 0.25) is 5.02 Å². The van der Waals surface area contributed by atoms with E-state index >= 15 is 0 Å². The summed E-state index contributed by atoms with van der Waals surface area (Å²) < 4.78 is 13.6. The first-order valence-electron chi connectivity index (χ1n) is 6.27. The van der Waals surface area contributed by atoms with Crippen molar-refractivity contribution in [3.8, 4) is 0 Å². The van der Waals surface area contributed by atoms with Gasteiger partial charge in [0.25, 0.3) is 0 Å². The summed E-state index contributed by atoms with van der Waals surface area (Å²) in [6.45, 7) is 6.15. The van der Waals surface area contributed by atoms with Crippen LogP contribution in [0, 0.1) is 11.2 Å². The van der Waals surface area contributed by atoms with Gasteiger partial charge in [-0.2, -0.15) is 0 Å². The van der Waals surface area contributed by atoms with E-state index in [9.17, 15) is 4.39 Å². The van der Waals surface area contributed by atoms with E-state index in [1.165, 1.54) is 25.1 Å². The van der Waals surface area contributed by atoms with Gasteiger partial charge in [-0.15, -0.1) is 0 Å². The minimum Gasteiger partial charge on any atom is -0.366 e. The van der Waals surface area contributed by atoms with Crippen LogP contribution in [0.15, 0.2) is 12.3 Å². The largest absolute Gasteiger partial charge is 0.366 e. The maximum Gasteiger partial charge on any atom is 0.166 e. The first-order valence-corrected chi connectivity index (χ1v) is 6.65. The van der Waals surface area contributed by atoms with E-state index in [0.29, 0.717) is 17.6 Å². The van der Waals surface area contributed by atoms with E-state index < -0.39 is 5.82 Å². The molecule has 18 heavy (non-hydrogen) atoms. The topological polar surface area (TPSA) is 37.0 Å². The second-order valence-electron chi connectivity index (χ2n) is 5.46. The molecule has 0 saturated carbocycles. The molecular weight excluding hydrogens is 253 g/mol. The molecule has 0 spiro atoms. The van der Waals surface area contributed by atoms with Crippen LogP contribution in [-0.2, 0) is 0 Å². The molecule has 2 rings (SSSR count). The summed E-state index contributed by atoms with van der Waals surface area (Å²) in [5, 5.41) is 6.84. The zero-order valence-electron chi connectivity index (χ0n) is 10.8. The highest BCUT2D eigenvalue weighted by molar-refractivity contribution is 6.30. The lowest BCUT2D eigenvalue weighted by Gasteiger charge is -2.39. The summed E-state index contributed by atoms with van der Waals surface area (Å²) >= 11 is 5.67. The molecule has 1 saturated heterocycles. The Balaban J connectivity index is 1.98. The van der Waals surface area contributed by atoms with Crippen LogP contribution in [0.25, 0.3) is 0 Å². The Morgan fingerprint density at radius 1 is 1.61 bits per heavy atom. The Hall–Kier alpha value is -0.870. The monoisotopic (exact) mass is 271 g/mol. The number of hydrogen-bond donors (Lipinski definition) is 2. The number of hydrogen-bond acceptors (Lipinski definition) is 3. The van der Waals surface area contributed by atoms with Gasteiger partial charge in [-0.25, -0.2) is 9.37 Å². The SMILES string of the molecule is CC1(C)CCCNC1CNc1ncc(Cl)cc1F. The van der Waals surface area contributed by atoms with E-state index in [2.05, 4.69) is 29.5 Å². The third kappa shape index (κ3) is 3.12. The molecular formula is C13H19ClFN3. The van der Waals surface area contributed by atoms with Crippen LogP contribution in [0.4, 0.5) is 10.2 Å². The molecule has 1 aliphatic heterocycles. The van der Waals surface area contributed by atoms with Crippen molar-refractivity contribution >= 4 is 17.4 Å². The van der Waals surface area contributed by atoms with Gasteiger partial charge in [0.1, 0.15) is 0 Å². The minimum atomic E-state index is -0.406. The van der Waals surface area contributed by atoms with Crippen molar-refractivity contribution in [2.75, 3.05) is 18.4 Å². The summed E-state index contributed by atoms with van der Waals surface area (Å²) in [4.78, 5) is 3.96. The molecule has 2 N–H and O–H groups in total. The lowest BCUT2D eigenvalue weighted by atomic mass is 9.77. The molecule has 0 bridgehead atoms. The van der Waals surface area contributed by atoms with Gasteiger partial charge in [0.2, 0.25) is 0 Å². The van der Waals surface area contributed by atoms with Crippen molar-refractivity contribution < 1.29 is 4.39 Å². The maximum atomic E-state index is 13.6. The summed E-state index contributed by atoms with van der Waals surface area (Å²) in [5.74, 6) is -0.140. The molecule has 100 valence electrons. The number of aromatic nitrogens is 1. The molecule has 1 fully saturated rings. The number of nitrogens with one attached hydrogen (secondary N) is 2. The summed E-state index contributed by atoms with van der Waals surface area (Å²) in [5.41, 5.74) is 0.216. The average molecular weight is 272 g/mol. The van der Waals surface area contributed by atoms with Crippen LogP contribution in [-0.4, -0.2) is 24.1 Å². The van der Waals surface area contributed by atoms with E-state index in [-0.39, 0.29) is 11.2 Å². The highest BCUT2D eigenvalue weighted by Crippen LogP contribution is 2.30. The molecule has 0 radical (unpaired) electrons. The van der Waals surface area contributed by atoms with E-state index in [1.807, 2.05) is 0 Å². The molecule has 0 aliphatic carbocycles. The van der Waals surface area contributed by atoms with Crippen molar-refractivity contribution in [3.63, 3.8) is 0 Å². The van der Waals surface area contributed by atoms with Crippen molar-refractivity contribution in [2.45, 2.75) is 32.7 Å². The zero-order chi connectivity index (χ0) is 13.2. The minimum absolute atomic E-state index is 0.216. The summed E-state index contributed by atoms with van der Waals surface area (Å²) in [6, 6.07) is 1.60. The normalized spacial score (nSPS) is 22.8. The molecule has 0 aromatic carbocycles. The number of nitrogens with zero attached hydrogens (tertiary/aromatic N) is 1. The Morgan fingerprint density at radius 3 is 3.06 bits per heavy atom. The van der Waals surface area contributed by atoms with Crippen molar-refractivity contribution in [2.24, 2.45) is 5.41 Å². The predicted molar refractivity (Wildman–Crippen MR) is 72.5 cm³/mol. The molecule has 1 unspecified atom stereocenters. The lowest BCUT2D eigenvalue weighted by Crippen LogP contribution is -2.50. The van der Waals surface area contributed by atoms with E-state index in [0.717, 1.165) is 6.54 Å². The summed E-state index contributed by atoms with van der Waals surface area (Å²) in [6.07, 6.45) is 3.83. The van der Waals surface area contributed by atoms with Crippen molar-refractivity contribution in [1.82, 2.24) is 10.3 Å². The van der Waals surface area contributed by atoms with Crippen molar-refractivity contribution in [1.29, 1.82) is 0 Å². The molecule has 5 heteroatoms. The Kier molecular flexibility index (Phi) is 4.07. The Labute approximate surface area is 112 Å².